The number of aromatic nitrogens is 2. The van der Waals surface area contributed by atoms with Crippen LogP contribution in [-0.2, 0) is 25.6 Å². The number of para-hydroxylation sites is 2. The van der Waals surface area contributed by atoms with Crippen LogP contribution < -0.4 is 10.6 Å². The molecule has 1 aliphatic heterocycles. The molecule has 8 nitrogen and oxygen atoms in total. The molecule has 1 fully saturated rings. The minimum absolute atomic E-state index is 0.0214. The van der Waals surface area contributed by atoms with Crippen molar-refractivity contribution in [2.45, 2.75) is 38.5 Å². The molecule has 1 aromatic carbocycles. The molecule has 1 saturated heterocycles. The van der Waals surface area contributed by atoms with Gasteiger partial charge in [0.25, 0.3) is 0 Å². The summed E-state index contributed by atoms with van der Waals surface area (Å²) in [6.45, 7) is 3.23. The first-order valence-electron chi connectivity index (χ1n) is 9.20. The molecule has 1 aliphatic rings. The Kier molecular flexibility index (Phi) is 6.41. The molecule has 2 atom stereocenters. The second-order valence-corrected chi connectivity index (χ2v) is 6.71. The van der Waals surface area contributed by atoms with E-state index in [2.05, 4.69) is 15.6 Å². The molecule has 2 aromatic rings. The molecule has 27 heavy (non-hydrogen) atoms. The molecule has 2 amide bonds. The topological polar surface area (TPSA) is 94.5 Å². The van der Waals surface area contributed by atoms with Gasteiger partial charge in [-0.3, -0.25) is 9.59 Å². The number of carbonyl (C=O) groups is 2. The van der Waals surface area contributed by atoms with Gasteiger partial charge in [0.05, 0.1) is 23.2 Å². The molecule has 2 N–H and O–H groups in total. The van der Waals surface area contributed by atoms with Crippen LogP contribution in [0.25, 0.3) is 11.0 Å². The van der Waals surface area contributed by atoms with Gasteiger partial charge in [-0.1, -0.05) is 12.1 Å². The summed E-state index contributed by atoms with van der Waals surface area (Å²) in [7, 11) is 1.47. The maximum atomic E-state index is 12.5. The summed E-state index contributed by atoms with van der Waals surface area (Å²) in [4.78, 5) is 29.0. The zero-order chi connectivity index (χ0) is 19.2. The fraction of sp³-hybridized carbons (Fsp3) is 0.526. The molecule has 3 rings (SSSR count). The van der Waals surface area contributed by atoms with E-state index in [4.69, 9.17) is 9.47 Å². The number of methoxy groups -OCH3 is 1. The number of carbonyl (C=O) groups excluding carboxylic acids is 2. The van der Waals surface area contributed by atoms with Crippen molar-refractivity contribution in [1.29, 1.82) is 0 Å². The lowest BCUT2D eigenvalue weighted by atomic mass is 10.2. The van der Waals surface area contributed by atoms with Crippen molar-refractivity contribution >= 4 is 22.8 Å². The second kappa shape index (κ2) is 8.96. The molecule has 0 spiro atoms. The van der Waals surface area contributed by atoms with E-state index in [1.165, 1.54) is 7.11 Å². The molecule has 2 heterocycles. The Hall–Kier alpha value is -2.45. The molecular formula is C19H26N4O4. The van der Waals surface area contributed by atoms with Gasteiger partial charge in [0, 0.05) is 20.3 Å². The van der Waals surface area contributed by atoms with Crippen LogP contribution in [-0.4, -0.2) is 54.3 Å². The van der Waals surface area contributed by atoms with E-state index < -0.39 is 0 Å². The van der Waals surface area contributed by atoms with Crippen LogP contribution >= 0.6 is 0 Å². The van der Waals surface area contributed by atoms with E-state index in [0.29, 0.717) is 12.4 Å². The van der Waals surface area contributed by atoms with Gasteiger partial charge in [0.15, 0.2) is 0 Å². The number of fused-ring (bicyclic) bond motifs is 1. The van der Waals surface area contributed by atoms with Gasteiger partial charge in [0.2, 0.25) is 11.8 Å². The van der Waals surface area contributed by atoms with Crippen LogP contribution in [0.1, 0.15) is 31.6 Å². The molecule has 0 bridgehead atoms. The molecule has 1 aromatic heterocycles. The summed E-state index contributed by atoms with van der Waals surface area (Å²) in [6, 6.07) is 7.26. The third kappa shape index (κ3) is 4.84. The number of hydrogen-bond acceptors (Lipinski definition) is 5. The average Bonchev–Trinajstić information content (AvgIpc) is 3.28. The fourth-order valence-electron chi connectivity index (χ4n) is 3.30. The van der Waals surface area contributed by atoms with E-state index in [1.54, 1.807) is 0 Å². The highest BCUT2D eigenvalue weighted by Crippen LogP contribution is 2.21. The van der Waals surface area contributed by atoms with Crippen LogP contribution in [0.15, 0.2) is 24.3 Å². The van der Waals surface area contributed by atoms with Crippen molar-refractivity contribution in [3.8, 4) is 0 Å². The summed E-state index contributed by atoms with van der Waals surface area (Å²) in [6.07, 6.45) is 2.11. The largest absolute Gasteiger partial charge is 0.376 e. The maximum Gasteiger partial charge on any atom is 0.246 e. The number of ether oxygens (including phenoxy) is 2. The predicted octanol–water partition coefficient (Wildman–Crippen LogP) is 1.16. The molecule has 0 radical (unpaired) electrons. The minimum atomic E-state index is -0.356. The zero-order valence-corrected chi connectivity index (χ0v) is 15.7. The van der Waals surface area contributed by atoms with Gasteiger partial charge in [-0.2, -0.15) is 0 Å². The van der Waals surface area contributed by atoms with Crippen LogP contribution in [0.5, 0.6) is 0 Å². The standard InChI is InChI=1S/C19H26N4O4/c1-13(21-18(25)12-26-2)19-22-15-7-3-4-8-16(15)23(19)11-17(24)20-10-14-6-5-9-27-14/h3-4,7-8,13-14H,5-6,9-12H2,1-2H3,(H,20,24)(H,21,25). The van der Waals surface area contributed by atoms with Crippen molar-refractivity contribution < 1.29 is 19.1 Å². The first-order valence-corrected chi connectivity index (χ1v) is 9.20. The number of benzene rings is 1. The molecule has 8 heteroatoms. The summed E-state index contributed by atoms with van der Waals surface area (Å²) < 4.78 is 12.2. The third-order valence-electron chi connectivity index (χ3n) is 4.58. The van der Waals surface area contributed by atoms with E-state index in [9.17, 15) is 9.59 Å². The Labute approximate surface area is 158 Å². The maximum absolute atomic E-state index is 12.5. The quantitative estimate of drug-likeness (QED) is 0.723. The number of nitrogens with one attached hydrogen (secondary N) is 2. The predicted molar refractivity (Wildman–Crippen MR) is 100 cm³/mol. The van der Waals surface area contributed by atoms with E-state index in [1.807, 2.05) is 35.8 Å². The Morgan fingerprint density at radius 3 is 2.93 bits per heavy atom. The highest BCUT2D eigenvalue weighted by Gasteiger charge is 2.21. The first-order chi connectivity index (χ1) is 13.1. The highest BCUT2D eigenvalue weighted by atomic mass is 16.5. The van der Waals surface area contributed by atoms with Gasteiger partial charge in [0.1, 0.15) is 19.0 Å². The number of amides is 2. The third-order valence-corrected chi connectivity index (χ3v) is 4.58. The zero-order valence-electron chi connectivity index (χ0n) is 15.7. The SMILES string of the molecule is COCC(=O)NC(C)c1nc2ccccc2n1CC(=O)NCC1CCCO1. The van der Waals surface area contributed by atoms with E-state index in [0.717, 1.165) is 30.5 Å². The van der Waals surface area contributed by atoms with Gasteiger partial charge >= 0.3 is 0 Å². The van der Waals surface area contributed by atoms with Gasteiger partial charge in [-0.05, 0) is 31.9 Å². The lowest BCUT2D eigenvalue weighted by Gasteiger charge is -2.17. The summed E-state index contributed by atoms with van der Waals surface area (Å²) in [5.41, 5.74) is 1.64. The van der Waals surface area contributed by atoms with Crippen molar-refractivity contribution in [3.05, 3.63) is 30.1 Å². The van der Waals surface area contributed by atoms with Crippen molar-refractivity contribution in [2.75, 3.05) is 26.9 Å². The van der Waals surface area contributed by atoms with Crippen LogP contribution in [0.4, 0.5) is 0 Å². The van der Waals surface area contributed by atoms with E-state index in [-0.39, 0.29) is 37.1 Å². The van der Waals surface area contributed by atoms with Crippen LogP contribution in [0.3, 0.4) is 0 Å². The fourth-order valence-corrected chi connectivity index (χ4v) is 3.30. The lowest BCUT2D eigenvalue weighted by molar-refractivity contribution is -0.125. The highest BCUT2D eigenvalue weighted by molar-refractivity contribution is 5.82. The number of nitrogens with zero attached hydrogens (tertiary/aromatic N) is 2. The Balaban J connectivity index is 1.75. The molecule has 0 saturated carbocycles. The summed E-state index contributed by atoms with van der Waals surface area (Å²) in [5.74, 6) is 0.296. The van der Waals surface area contributed by atoms with E-state index >= 15 is 0 Å². The smallest absolute Gasteiger partial charge is 0.246 e. The molecular weight excluding hydrogens is 348 g/mol. The van der Waals surface area contributed by atoms with Crippen LogP contribution in [0.2, 0.25) is 0 Å². The monoisotopic (exact) mass is 374 g/mol. The van der Waals surface area contributed by atoms with Crippen LogP contribution in [0, 0.1) is 0 Å². The molecule has 2 unspecified atom stereocenters. The minimum Gasteiger partial charge on any atom is -0.376 e. The number of rotatable bonds is 8. The number of imidazole rings is 1. The van der Waals surface area contributed by atoms with Gasteiger partial charge in [-0.25, -0.2) is 4.98 Å². The first kappa shape index (κ1) is 19.3. The molecule has 0 aliphatic carbocycles. The van der Waals surface area contributed by atoms with Crippen molar-refractivity contribution in [2.24, 2.45) is 0 Å². The van der Waals surface area contributed by atoms with Crippen molar-refractivity contribution in [1.82, 2.24) is 20.2 Å². The summed E-state index contributed by atoms with van der Waals surface area (Å²) >= 11 is 0. The Morgan fingerprint density at radius 1 is 1.37 bits per heavy atom. The van der Waals surface area contributed by atoms with Crippen molar-refractivity contribution in [3.63, 3.8) is 0 Å². The molecule has 146 valence electrons. The summed E-state index contributed by atoms with van der Waals surface area (Å²) in [5, 5.41) is 5.78. The average molecular weight is 374 g/mol. The lowest BCUT2D eigenvalue weighted by Crippen LogP contribution is -2.35. The number of hydrogen-bond donors (Lipinski definition) is 2. The second-order valence-electron chi connectivity index (χ2n) is 6.71. The van der Waals surface area contributed by atoms with Gasteiger partial charge < -0.3 is 24.7 Å². The normalized spacial score (nSPS) is 17.8. The van der Waals surface area contributed by atoms with Gasteiger partial charge in [-0.15, -0.1) is 0 Å². The Bertz CT molecular complexity index is 798. The Morgan fingerprint density at radius 2 is 2.19 bits per heavy atom.